The molecule has 0 heterocycles. The van der Waals surface area contributed by atoms with Gasteiger partial charge in [0.1, 0.15) is 11.7 Å². The van der Waals surface area contributed by atoms with E-state index in [9.17, 15) is 4.39 Å². The fourth-order valence-corrected chi connectivity index (χ4v) is 2.42. The number of halogens is 2. The summed E-state index contributed by atoms with van der Waals surface area (Å²) in [5.74, 6) is -0.685. The number of nitrogen functional groups attached to an aromatic ring is 1. The molecule has 0 aromatic heterocycles. The molecule has 3 N–H and O–H groups in total. The molecule has 0 spiro atoms. The van der Waals surface area contributed by atoms with Crippen LogP contribution < -0.4 is 5.73 Å². The van der Waals surface area contributed by atoms with Gasteiger partial charge in [-0.15, -0.1) is 0 Å². The minimum atomic E-state index is -0.428. The van der Waals surface area contributed by atoms with E-state index in [0.29, 0.717) is 23.7 Å². The molecular formula is C16H17ClFN3. The van der Waals surface area contributed by atoms with E-state index in [1.807, 2.05) is 36.2 Å². The van der Waals surface area contributed by atoms with Gasteiger partial charge in [0.05, 0.1) is 5.56 Å². The Morgan fingerprint density at radius 1 is 1.24 bits per heavy atom. The van der Waals surface area contributed by atoms with E-state index in [2.05, 4.69) is 0 Å². The molecule has 2 aromatic carbocycles. The molecule has 0 aliphatic rings. The van der Waals surface area contributed by atoms with Crippen LogP contribution in [-0.2, 0) is 13.1 Å². The predicted molar refractivity (Wildman–Crippen MR) is 84.0 cm³/mol. The van der Waals surface area contributed by atoms with Crippen LogP contribution in [0.1, 0.15) is 16.7 Å². The molecule has 2 rings (SSSR count). The molecule has 0 aliphatic heterocycles. The van der Waals surface area contributed by atoms with Crippen LogP contribution in [-0.4, -0.2) is 17.8 Å². The highest BCUT2D eigenvalue weighted by atomic mass is 35.5. The summed E-state index contributed by atoms with van der Waals surface area (Å²) in [7, 11) is 1.90. The van der Waals surface area contributed by atoms with E-state index >= 15 is 0 Å². The van der Waals surface area contributed by atoms with Crippen LogP contribution in [0.25, 0.3) is 0 Å². The maximum absolute atomic E-state index is 14.2. The Bertz CT molecular complexity index is 658. The Balaban J connectivity index is 2.11. The van der Waals surface area contributed by atoms with Gasteiger partial charge in [-0.05, 0) is 30.8 Å². The lowest BCUT2D eigenvalue weighted by Crippen LogP contribution is -2.20. The Labute approximate surface area is 128 Å². The van der Waals surface area contributed by atoms with Gasteiger partial charge in [-0.2, -0.15) is 0 Å². The molecule has 0 radical (unpaired) electrons. The van der Waals surface area contributed by atoms with Crippen LogP contribution in [0.15, 0.2) is 42.5 Å². The first kappa shape index (κ1) is 15.5. The fraction of sp³-hybridized carbons (Fsp3) is 0.188. The van der Waals surface area contributed by atoms with E-state index in [4.69, 9.17) is 22.7 Å². The van der Waals surface area contributed by atoms with Gasteiger partial charge in [0, 0.05) is 23.7 Å². The van der Waals surface area contributed by atoms with Crippen LogP contribution in [0.2, 0.25) is 5.02 Å². The van der Waals surface area contributed by atoms with Gasteiger partial charge in [-0.3, -0.25) is 10.3 Å². The summed E-state index contributed by atoms with van der Waals surface area (Å²) in [5, 5.41) is 8.05. The Morgan fingerprint density at radius 2 is 1.95 bits per heavy atom. The largest absolute Gasteiger partial charge is 0.384 e. The number of nitrogens with two attached hydrogens (primary N) is 1. The smallest absolute Gasteiger partial charge is 0.138 e. The van der Waals surface area contributed by atoms with Crippen molar-refractivity contribution in [1.82, 2.24) is 4.90 Å². The molecule has 0 saturated heterocycles. The zero-order chi connectivity index (χ0) is 15.4. The van der Waals surface area contributed by atoms with Crippen molar-refractivity contribution in [3.05, 3.63) is 70.0 Å². The minimum absolute atomic E-state index is 0.142. The molecule has 0 unspecified atom stereocenters. The van der Waals surface area contributed by atoms with Crippen molar-refractivity contribution in [3.63, 3.8) is 0 Å². The Hall–Kier alpha value is -1.91. The maximum Gasteiger partial charge on any atom is 0.138 e. The predicted octanol–water partition coefficient (Wildman–Crippen LogP) is 3.40. The van der Waals surface area contributed by atoms with Gasteiger partial charge in [-0.1, -0.05) is 35.9 Å². The maximum atomic E-state index is 14.2. The van der Waals surface area contributed by atoms with E-state index in [-0.39, 0.29) is 11.4 Å². The second-order valence-electron chi connectivity index (χ2n) is 4.99. The lowest BCUT2D eigenvalue weighted by Gasteiger charge is -2.18. The molecule has 0 bridgehead atoms. The van der Waals surface area contributed by atoms with Crippen LogP contribution in [0, 0.1) is 11.2 Å². The molecule has 0 saturated carbocycles. The first-order valence-electron chi connectivity index (χ1n) is 6.52. The molecule has 3 nitrogen and oxygen atoms in total. The van der Waals surface area contributed by atoms with Crippen molar-refractivity contribution in [3.8, 4) is 0 Å². The monoisotopic (exact) mass is 305 g/mol. The lowest BCUT2D eigenvalue weighted by atomic mass is 10.1. The molecule has 0 atom stereocenters. The number of amidine groups is 1. The van der Waals surface area contributed by atoms with Gasteiger partial charge in [0.25, 0.3) is 0 Å². The third-order valence-electron chi connectivity index (χ3n) is 3.15. The summed E-state index contributed by atoms with van der Waals surface area (Å²) in [6.45, 7) is 1.09. The highest BCUT2D eigenvalue weighted by Gasteiger charge is 2.12. The average molecular weight is 306 g/mol. The van der Waals surface area contributed by atoms with Crippen LogP contribution >= 0.6 is 11.6 Å². The number of hydrogen-bond donors (Lipinski definition) is 2. The first-order chi connectivity index (χ1) is 9.97. The third kappa shape index (κ3) is 4.03. The SMILES string of the molecule is CN(Cc1cccc(Cl)c1)Cc1cccc(C(=N)N)c1F. The molecule has 5 heteroatoms. The zero-order valence-electron chi connectivity index (χ0n) is 11.7. The van der Waals surface area contributed by atoms with Crippen molar-refractivity contribution in [2.24, 2.45) is 5.73 Å². The summed E-state index contributed by atoms with van der Waals surface area (Å²) in [6, 6.07) is 12.5. The minimum Gasteiger partial charge on any atom is -0.384 e. The third-order valence-corrected chi connectivity index (χ3v) is 3.39. The molecule has 110 valence electrons. The first-order valence-corrected chi connectivity index (χ1v) is 6.90. The normalized spacial score (nSPS) is 10.9. The summed E-state index contributed by atoms with van der Waals surface area (Å²) < 4.78 is 14.2. The van der Waals surface area contributed by atoms with E-state index < -0.39 is 5.82 Å². The quantitative estimate of drug-likeness (QED) is 0.657. The second-order valence-corrected chi connectivity index (χ2v) is 5.43. The van der Waals surface area contributed by atoms with E-state index in [0.717, 1.165) is 5.56 Å². The van der Waals surface area contributed by atoms with E-state index in [1.54, 1.807) is 12.1 Å². The van der Waals surface area contributed by atoms with Gasteiger partial charge in [0.15, 0.2) is 0 Å². The standard InChI is InChI=1S/C16H17ClFN3/c1-21(9-11-4-2-6-13(17)8-11)10-12-5-3-7-14(15(12)18)16(19)20/h2-8H,9-10H2,1H3,(H3,19,20). The highest BCUT2D eigenvalue weighted by Crippen LogP contribution is 2.17. The molecule has 2 aromatic rings. The van der Waals surface area contributed by atoms with Crippen LogP contribution in [0.3, 0.4) is 0 Å². The molecule has 21 heavy (non-hydrogen) atoms. The molecule has 0 amide bonds. The molecule has 0 aliphatic carbocycles. The summed E-state index contributed by atoms with van der Waals surface area (Å²) in [5.41, 5.74) is 7.10. The second kappa shape index (κ2) is 6.70. The van der Waals surface area contributed by atoms with Crippen molar-refractivity contribution in [1.29, 1.82) is 5.41 Å². The topological polar surface area (TPSA) is 53.1 Å². The number of hydrogen-bond acceptors (Lipinski definition) is 2. The van der Waals surface area contributed by atoms with Gasteiger partial charge in [-0.25, -0.2) is 4.39 Å². The number of nitrogens with one attached hydrogen (secondary N) is 1. The van der Waals surface area contributed by atoms with Gasteiger partial charge < -0.3 is 5.73 Å². The van der Waals surface area contributed by atoms with Crippen LogP contribution in [0.5, 0.6) is 0 Å². The van der Waals surface area contributed by atoms with Gasteiger partial charge in [0.2, 0.25) is 0 Å². The summed E-state index contributed by atoms with van der Waals surface area (Å²) in [4.78, 5) is 1.98. The molecule has 0 fully saturated rings. The highest BCUT2D eigenvalue weighted by molar-refractivity contribution is 6.30. The van der Waals surface area contributed by atoms with E-state index in [1.165, 1.54) is 6.07 Å². The molecular weight excluding hydrogens is 289 g/mol. The Morgan fingerprint density at radius 3 is 2.62 bits per heavy atom. The fourth-order valence-electron chi connectivity index (χ4n) is 2.20. The average Bonchev–Trinajstić information content (AvgIpc) is 2.40. The van der Waals surface area contributed by atoms with Crippen molar-refractivity contribution in [2.45, 2.75) is 13.1 Å². The van der Waals surface area contributed by atoms with Crippen LogP contribution in [0.4, 0.5) is 4.39 Å². The zero-order valence-corrected chi connectivity index (χ0v) is 12.5. The lowest BCUT2D eigenvalue weighted by molar-refractivity contribution is 0.313. The summed E-state index contributed by atoms with van der Waals surface area (Å²) in [6.07, 6.45) is 0. The Kier molecular flexibility index (Phi) is 4.94. The van der Waals surface area contributed by atoms with Crippen molar-refractivity contribution >= 4 is 17.4 Å². The number of nitrogens with zero attached hydrogens (tertiary/aromatic N) is 1. The van der Waals surface area contributed by atoms with Crippen molar-refractivity contribution in [2.75, 3.05) is 7.05 Å². The number of rotatable bonds is 5. The number of benzene rings is 2. The van der Waals surface area contributed by atoms with Crippen molar-refractivity contribution < 1.29 is 4.39 Å². The van der Waals surface area contributed by atoms with Gasteiger partial charge >= 0.3 is 0 Å². The summed E-state index contributed by atoms with van der Waals surface area (Å²) >= 11 is 5.95.